The standard InChI is InChI=1S/C19H21N5O4/c1-11-2-7-14(22-10-11)24-8-9-28-16(19(24)27)15(25)18(26)23-13-5-3-12(4-6-13)17(20)21/h2-7,10,15-16,25H,8-9H2,1H3,(H3,20,21)(H,23,26)/t15-,16-/m1/s1. The van der Waals surface area contributed by atoms with Crippen LogP contribution >= 0.6 is 0 Å². The number of aromatic nitrogens is 1. The normalized spacial score (nSPS) is 17.9. The highest BCUT2D eigenvalue weighted by molar-refractivity contribution is 6.03. The molecule has 0 spiro atoms. The smallest absolute Gasteiger partial charge is 0.260 e. The predicted octanol–water partition coefficient (Wildman–Crippen LogP) is 0.405. The maximum absolute atomic E-state index is 12.7. The summed E-state index contributed by atoms with van der Waals surface area (Å²) in [6, 6.07) is 9.77. The van der Waals surface area contributed by atoms with Crippen LogP contribution in [0.2, 0.25) is 0 Å². The predicted molar refractivity (Wildman–Crippen MR) is 103 cm³/mol. The van der Waals surface area contributed by atoms with Crippen LogP contribution in [0, 0.1) is 12.3 Å². The topological polar surface area (TPSA) is 142 Å². The van der Waals surface area contributed by atoms with Crippen LogP contribution in [0.25, 0.3) is 0 Å². The monoisotopic (exact) mass is 383 g/mol. The number of amidine groups is 1. The minimum Gasteiger partial charge on any atom is -0.384 e. The van der Waals surface area contributed by atoms with Crippen molar-refractivity contribution in [3.8, 4) is 0 Å². The van der Waals surface area contributed by atoms with E-state index in [4.69, 9.17) is 15.9 Å². The molecule has 1 fully saturated rings. The zero-order chi connectivity index (χ0) is 20.3. The minimum absolute atomic E-state index is 0.0936. The average Bonchev–Trinajstić information content (AvgIpc) is 2.69. The molecule has 9 nitrogen and oxygen atoms in total. The average molecular weight is 383 g/mol. The van der Waals surface area contributed by atoms with E-state index in [1.807, 2.05) is 13.0 Å². The summed E-state index contributed by atoms with van der Waals surface area (Å²) in [6.07, 6.45) is -1.37. The number of nitrogens with one attached hydrogen (secondary N) is 2. The third-order valence-electron chi connectivity index (χ3n) is 4.31. The molecule has 1 aromatic heterocycles. The van der Waals surface area contributed by atoms with Crippen molar-refractivity contribution in [3.05, 3.63) is 53.7 Å². The second-order valence-corrected chi connectivity index (χ2v) is 6.40. The number of nitrogens with two attached hydrogens (primary N) is 1. The molecule has 1 saturated heterocycles. The van der Waals surface area contributed by atoms with Gasteiger partial charge in [0.05, 0.1) is 13.2 Å². The van der Waals surface area contributed by atoms with Crippen LogP contribution in [0.15, 0.2) is 42.6 Å². The fraction of sp³-hybridized carbons (Fsp3) is 0.263. The number of pyridine rings is 1. The Morgan fingerprint density at radius 3 is 2.68 bits per heavy atom. The van der Waals surface area contributed by atoms with Crippen LogP contribution in [-0.2, 0) is 14.3 Å². The summed E-state index contributed by atoms with van der Waals surface area (Å²) in [4.78, 5) is 30.7. The molecule has 9 heteroatoms. The maximum Gasteiger partial charge on any atom is 0.260 e. The van der Waals surface area contributed by atoms with Gasteiger partial charge in [-0.15, -0.1) is 0 Å². The molecule has 0 unspecified atom stereocenters. The molecule has 0 aliphatic carbocycles. The molecule has 1 aromatic carbocycles. The first-order valence-corrected chi connectivity index (χ1v) is 8.66. The van der Waals surface area contributed by atoms with Gasteiger partial charge in [0, 0.05) is 17.4 Å². The molecule has 0 bridgehead atoms. The largest absolute Gasteiger partial charge is 0.384 e. The Balaban J connectivity index is 1.69. The van der Waals surface area contributed by atoms with Crippen molar-refractivity contribution in [1.82, 2.24) is 4.98 Å². The molecule has 1 aliphatic rings. The first-order valence-electron chi connectivity index (χ1n) is 8.66. The van der Waals surface area contributed by atoms with E-state index in [-0.39, 0.29) is 19.0 Å². The van der Waals surface area contributed by atoms with Gasteiger partial charge in [-0.05, 0) is 42.8 Å². The third-order valence-corrected chi connectivity index (χ3v) is 4.31. The highest BCUT2D eigenvalue weighted by Gasteiger charge is 2.39. The van der Waals surface area contributed by atoms with Crippen molar-refractivity contribution in [2.75, 3.05) is 23.4 Å². The van der Waals surface area contributed by atoms with Gasteiger partial charge in [0.15, 0.2) is 12.2 Å². The first kappa shape index (κ1) is 19.5. The lowest BCUT2D eigenvalue weighted by Crippen LogP contribution is -2.55. The van der Waals surface area contributed by atoms with Gasteiger partial charge >= 0.3 is 0 Å². The third kappa shape index (κ3) is 4.16. The Labute approximate surface area is 161 Å². The SMILES string of the molecule is Cc1ccc(N2CCO[C@H]([C@@H](O)C(=O)Nc3ccc(C(=N)N)cc3)C2=O)nc1. The summed E-state index contributed by atoms with van der Waals surface area (Å²) in [5, 5.41) is 20.2. The molecule has 3 rings (SSSR count). The molecular formula is C19H21N5O4. The van der Waals surface area contributed by atoms with E-state index in [2.05, 4.69) is 10.3 Å². The van der Waals surface area contributed by atoms with E-state index in [0.717, 1.165) is 5.56 Å². The summed E-state index contributed by atoms with van der Waals surface area (Å²) < 4.78 is 5.36. The number of amides is 2. The van der Waals surface area contributed by atoms with Crippen LogP contribution in [-0.4, -0.2) is 53.1 Å². The lowest BCUT2D eigenvalue weighted by atomic mass is 10.1. The Bertz CT molecular complexity index is 882. The summed E-state index contributed by atoms with van der Waals surface area (Å²) in [7, 11) is 0. The van der Waals surface area contributed by atoms with Gasteiger partial charge in [0.2, 0.25) is 0 Å². The summed E-state index contributed by atoms with van der Waals surface area (Å²) in [5.74, 6) is -0.954. The van der Waals surface area contributed by atoms with Crippen LogP contribution in [0.1, 0.15) is 11.1 Å². The molecule has 146 valence electrons. The molecule has 5 N–H and O–H groups in total. The Morgan fingerprint density at radius 1 is 1.36 bits per heavy atom. The molecule has 2 aromatic rings. The van der Waals surface area contributed by atoms with Gasteiger partial charge < -0.3 is 20.9 Å². The number of hydrogen-bond donors (Lipinski definition) is 4. The zero-order valence-corrected chi connectivity index (χ0v) is 15.3. The highest BCUT2D eigenvalue weighted by atomic mass is 16.5. The maximum atomic E-state index is 12.7. The van der Waals surface area contributed by atoms with E-state index in [9.17, 15) is 14.7 Å². The molecule has 0 saturated carbocycles. The lowest BCUT2D eigenvalue weighted by molar-refractivity contribution is -0.150. The number of nitrogens with zero attached hydrogens (tertiary/aromatic N) is 2. The molecule has 0 radical (unpaired) electrons. The second kappa shape index (κ2) is 8.15. The van der Waals surface area contributed by atoms with E-state index in [1.165, 1.54) is 4.90 Å². The Morgan fingerprint density at radius 2 is 2.07 bits per heavy atom. The number of morpholine rings is 1. The number of aliphatic hydroxyl groups excluding tert-OH is 1. The van der Waals surface area contributed by atoms with Crippen LogP contribution in [0.3, 0.4) is 0 Å². The van der Waals surface area contributed by atoms with Gasteiger partial charge in [-0.1, -0.05) is 6.07 Å². The number of aliphatic hydroxyl groups is 1. The van der Waals surface area contributed by atoms with Crippen LogP contribution < -0.4 is 16.0 Å². The number of carbonyl (C=O) groups is 2. The molecule has 28 heavy (non-hydrogen) atoms. The van der Waals surface area contributed by atoms with Crippen molar-refractivity contribution in [2.45, 2.75) is 19.1 Å². The van der Waals surface area contributed by atoms with Crippen LogP contribution in [0.4, 0.5) is 11.5 Å². The highest BCUT2D eigenvalue weighted by Crippen LogP contribution is 2.19. The Hall–Kier alpha value is -3.30. The second-order valence-electron chi connectivity index (χ2n) is 6.40. The number of aryl methyl sites for hydroxylation is 1. The lowest BCUT2D eigenvalue weighted by Gasteiger charge is -2.33. The number of nitrogen functional groups attached to an aromatic ring is 1. The Kier molecular flexibility index (Phi) is 5.67. The quantitative estimate of drug-likeness (QED) is 0.435. The zero-order valence-electron chi connectivity index (χ0n) is 15.3. The van der Waals surface area contributed by atoms with Crippen molar-refractivity contribution >= 4 is 29.2 Å². The molecule has 1 aliphatic heterocycles. The van der Waals surface area contributed by atoms with E-state index in [1.54, 1.807) is 36.5 Å². The van der Waals surface area contributed by atoms with Crippen molar-refractivity contribution < 1.29 is 19.4 Å². The number of carbonyl (C=O) groups excluding carboxylic acids is 2. The molecule has 2 atom stereocenters. The van der Waals surface area contributed by atoms with Crippen molar-refractivity contribution in [3.63, 3.8) is 0 Å². The summed E-state index contributed by atoms with van der Waals surface area (Å²) in [6.45, 7) is 2.34. The number of hydrogen-bond acceptors (Lipinski definition) is 6. The van der Waals surface area contributed by atoms with Crippen molar-refractivity contribution in [1.29, 1.82) is 5.41 Å². The fourth-order valence-corrected chi connectivity index (χ4v) is 2.77. The van der Waals surface area contributed by atoms with Crippen molar-refractivity contribution in [2.24, 2.45) is 5.73 Å². The van der Waals surface area contributed by atoms with E-state index >= 15 is 0 Å². The minimum atomic E-state index is -1.69. The van der Waals surface area contributed by atoms with Gasteiger partial charge in [-0.2, -0.15) is 0 Å². The number of rotatable bonds is 5. The summed E-state index contributed by atoms with van der Waals surface area (Å²) in [5.41, 5.74) is 7.25. The van der Waals surface area contributed by atoms with Crippen LogP contribution in [0.5, 0.6) is 0 Å². The van der Waals surface area contributed by atoms with Gasteiger partial charge in [0.25, 0.3) is 11.8 Å². The van der Waals surface area contributed by atoms with Gasteiger partial charge in [0.1, 0.15) is 11.7 Å². The number of anilines is 2. The first-order chi connectivity index (χ1) is 13.4. The number of benzene rings is 1. The number of ether oxygens (including phenoxy) is 1. The molecular weight excluding hydrogens is 362 g/mol. The summed E-state index contributed by atoms with van der Waals surface area (Å²) >= 11 is 0. The fourth-order valence-electron chi connectivity index (χ4n) is 2.77. The van der Waals surface area contributed by atoms with E-state index in [0.29, 0.717) is 17.1 Å². The molecule has 2 amide bonds. The molecule has 2 heterocycles. The van der Waals surface area contributed by atoms with Gasteiger partial charge in [-0.25, -0.2) is 4.98 Å². The van der Waals surface area contributed by atoms with Gasteiger partial charge in [-0.3, -0.25) is 19.9 Å². The van der Waals surface area contributed by atoms with E-state index < -0.39 is 24.0 Å².